The zero-order valence-corrected chi connectivity index (χ0v) is 22.5. The number of carbonyl (C=O) groups is 1. The summed E-state index contributed by atoms with van der Waals surface area (Å²) in [5.41, 5.74) is 2.24. The average Bonchev–Trinajstić information content (AvgIpc) is 3.30. The maximum atomic E-state index is 13.1. The molecule has 0 fully saturated rings. The number of anilines is 1. The Kier molecular flexibility index (Phi) is 9.05. The highest BCUT2D eigenvalue weighted by atomic mass is 31.2. The van der Waals surface area contributed by atoms with Crippen LogP contribution in [0.3, 0.4) is 0 Å². The minimum atomic E-state index is -3.61. The van der Waals surface area contributed by atoms with Gasteiger partial charge in [-0.15, -0.1) is 0 Å². The van der Waals surface area contributed by atoms with E-state index in [1.165, 1.54) is 41.1 Å². The molecule has 0 aliphatic rings. The van der Waals surface area contributed by atoms with Gasteiger partial charge in [0.15, 0.2) is 5.82 Å². The Bertz CT molecular complexity index is 1580. The topological polar surface area (TPSA) is 135 Å². The highest BCUT2D eigenvalue weighted by Gasteiger charge is 2.27. The van der Waals surface area contributed by atoms with Crippen LogP contribution >= 0.6 is 7.60 Å². The van der Waals surface area contributed by atoms with Crippen molar-refractivity contribution in [2.45, 2.75) is 13.8 Å². The van der Waals surface area contributed by atoms with E-state index >= 15 is 0 Å². The number of aromatic nitrogens is 2. The van der Waals surface area contributed by atoms with E-state index in [1.807, 2.05) is 0 Å². The van der Waals surface area contributed by atoms with Crippen molar-refractivity contribution >= 4 is 42.0 Å². The van der Waals surface area contributed by atoms with E-state index in [-0.39, 0.29) is 42.0 Å². The van der Waals surface area contributed by atoms with Crippen LogP contribution in [0.15, 0.2) is 72.8 Å². The van der Waals surface area contributed by atoms with Crippen molar-refractivity contribution in [1.82, 2.24) is 9.71 Å². The standard InChI is InChI=1S/C27H26FN4O7P/c1-3-38-40(36,39-4-2)18-37-31-25-17-23(32(34)35)14-15-24(25)30-27(31)20-8-12-22(13-9-20)29-26(33)16-7-19-5-10-21(28)11-6-19/h5-17H,3-4,18H2,1-2H3,(H,29,33)/b16-7+. The van der Waals surface area contributed by atoms with E-state index in [1.54, 1.807) is 56.3 Å². The van der Waals surface area contributed by atoms with E-state index in [2.05, 4.69) is 10.3 Å². The van der Waals surface area contributed by atoms with Crippen molar-refractivity contribution in [2.75, 3.05) is 24.9 Å². The summed E-state index contributed by atoms with van der Waals surface area (Å²) in [6, 6.07) is 16.5. The number of nitrogens with zero attached hydrogens (tertiary/aromatic N) is 3. The second kappa shape index (κ2) is 12.6. The lowest BCUT2D eigenvalue weighted by Crippen LogP contribution is -2.16. The second-order valence-electron chi connectivity index (χ2n) is 8.32. The lowest BCUT2D eigenvalue weighted by Gasteiger charge is -2.18. The molecule has 1 aromatic heterocycles. The molecule has 4 rings (SSSR count). The van der Waals surface area contributed by atoms with Gasteiger partial charge < -0.3 is 19.2 Å². The molecule has 0 radical (unpaired) electrons. The molecule has 0 unspecified atom stereocenters. The Hall–Kier alpha value is -4.38. The first-order chi connectivity index (χ1) is 19.2. The van der Waals surface area contributed by atoms with Gasteiger partial charge >= 0.3 is 7.60 Å². The molecule has 0 spiro atoms. The number of carbonyl (C=O) groups excluding carboxylic acids is 1. The summed E-state index contributed by atoms with van der Waals surface area (Å²) in [7, 11) is -3.61. The normalized spacial score (nSPS) is 11.7. The van der Waals surface area contributed by atoms with E-state index in [4.69, 9.17) is 13.9 Å². The predicted molar refractivity (Wildman–Crippen MR) is 148 cm³/mol. The van der Waals surface area contributed by atoms with Crippen molar-refractivity contribution in [1.29, 1.82) is 0 Å². The van der Waals surface area contributed by atoms with Crippen LogP contribution in [-0.2, 0) is 18.4 Å². The third-order valence-electron chi connectivity index (χ3n) is 5.51. The first-order valence-corrected chi connectivity index (χ1v) is 14.0. The number of rotatable bonds is 12. The largest absolute Gasteiger partial charge is 0.399 e. The molecule has 1 heterocycles. The van der Waals surface area contributed by atoms with Crippen LogP contribution in [0.25, 0.3) is 28.5 Å². The quantitative estimate of drug-likeness (QED) is 0.0944. The number of imidazole rings is 1. The molecule has 0 atom stereocenters. The van der Waals surface area contributed by atoms with Crippen LogP contribution < -0.4 is 10.2 Å². The number of hydrogen-bond donors (Lipinski definition) is 1. The molecule has 1 N–H and O–H groups in total. The molecule has 40 heavy (non-hydrogen) atoms. The van der Waals surface area contributed by atoms with Crippen molar-refractivity contribution in [3.05, 3.63) is 94.3 Å². The highest BCUT2D eigenvalue weighted by Crippen LogP contribution is 2.47. The summed E-state index contributed by atoms with van der Waals surface area (Å²) in [5.74, 6) is -0.469. The molecule has 3 aromatic carbocycles. The monoisotopic (exact) mass is 568 g/mol. The van der Waals surface area contributed by atoms with Gasteiger partial charge in [0.2, 0.25) is 12.3 Å². The number of amides is 1. The molecular formula is C27H26FN4O7P. The van der Waals surface area contributed by atoms with E-state index in [9.17, 15) is 23.9 Å². The minimum Gasteiger partial charge on any atom is -0.399 e. The highest BCUT2D eigenvalue weighted by molar-refractivity contribution is 7.53. The summed E-state index contributed by atoms with van der Waals surface area (Å²) in [4.78, 5) is 33.6. The molecule has 0 bridgehead atoms. The van der Waals surface area contributed by atoms with Gasteiger partial charge in [-0.2, -0.15) is 4.73 Å². The Morgan fingerprint density at radius 3 is 2.38 bits per heavy atom. The van der Waals surface area contributed by atoms with Crippen molar-refractivity contribution in [3.8, 4) is 11.4 Å². The first-order valence-electron chi connectivity index (χ1n) is 12.2. The fraction of sp³-hybridized carbons (Fsp3) is 0.185. The van der Waals surface area contributed by atoms with Crippen LogP contribution in [0.2, 0.25) is 0 Å². The molecule has 4 aromatic rings. The van der Waals surface area contributed by atoms with Crippen molar-refractivity contribution in [3.63, 3.8) is 0 Å². The summed E-state index contributed by atoms with van der Waals surface area (Å²) in [6.07, 6.45) is 2.44. The van der Waals surface area contributed by atoms with Gasteiger partial charge in [0.1, 0.15) is 11.3 Å². The number of halogens is 1. The second-order valence-corrected chi connectivity index (χ2v) is 10.3. The molecule has 0 aliphatic carbocycles. The number of nitro benzene ring substituents is 1. The van der Waals surface area contributed by atoms with E-state index < -0.39 is 18.9 Å². The summed E-state index contributed by atoms with van der Waals surface area (Å²) < 4.78 is 37.9. The van der Waals surface area contributed by atoms with Crippen LogP contribution in [0.4, 0.5) is 15.8 Å². The zero-order chi connectivity index (χ0) is 28.7. The van der Waals surface area contributed by atoms with E-state index in [0.717, 1.165) is 0 Å². The molecular weight excluding hydrogens is 542 g/mol. The lowest BCUT2D eigenvalue weighted by atomic mass is 10.2. The maximum absolute atomic E-state index is 13.1. The Morgan fingerprint density at radius 2 is 1.75 bits per heavy atom. The van der Waals surface area contributed by atoms with Gasteiger partial charge in [-0.05, 0) is 68.0 Å². The molecule has 1 amide bonds. The lowest BCUT2D eigenvalue weighted by molar-refractivity contribution is -0.384. The smallest absolute Gasteiger partial charge is 0.370 e. The molecule has 208 valence electrons. The van der Waals surface area contributed by atoms with Crippen LogP contribution in [0.1, 0.15) is 19.4 Å². The first kappa shape index (κ1) is 28.6. The van der Waals surface area contributed by atoms with Crippen molar-refractivity contribution < 1.29 is 32.6 Å². The maximum Gasteiger partial charge on any atom is 0.370 e. The Balaban J connectivity index is 1.60. The van der Waals surface area contributed by atoms with Crippen LogP contribution in [0, 0.1) is 15.9 Å². The van der Waals surface area contributed by atoms with Gasteiger partial charge in [-0.1, -0.05) is 12.1 Å². The summed E-state index contributed by atoms with van der Waals surface area (Å²) in [5, 5.41) is 14.1. The molecule has 13 heteroatoms. The number of hydrogen-bond acceptors (Lipinski definition) is 8. The molecule has 0 aliphatic heterocycles. The Labute approximate surface area is 228 Å². The number of nitrogens with one attached hydrogen (secondary N) is 1. The van der Waals surface area contributed by atoms with Gasteiger partial charge in [0, 0.05) is 29.5 Å². The molecule has 0 saturated carbocycles. The number of non-ortho nitro benzene ring substituents is 1. The summed E-state index contributed by atoms with van der Waals surface area (Å²) >= 11 is 0. The van der Waals surface area contributed by atoms with Gasteiger partial charge in [0.25, 0.3) is 5.69 Å². The third-order valence-corrected chi connectivity index (χ3v) is 7.25. The minimum absolute atomic E-state index is 0.135. The number of benzene rings is 3. The fourth-order valence-electron chi connectivity index (χ4n) is 3.73. The average molecular weight is 568 g/mol. The molecule has 11 nitrogen and oxygen atoms in total. The zero-order valence-electron chi connectivity index (χ0n) is 21.7. The SMILES string of the molecule is CCOP(=O)(COn1c(-c2ccc(NC(=O)/C=C/c3ccc(F)cc3)cc2)nc2ccc([N+](=O)[O-])cc21)OCC. The van der Waals surface area contributed by atoms with Gasteiger partial charge in [0.05, 0.1) is 23.7 Å². The number of fused-ring (bicyclic) bond motifs is 1. The van der Waals surface area contributed by atoms with E-state index in [0.29, 0.717) is 22.3 Å². The van der Waals surface area contributed by atoms with Crippen LogP contribution in [0.5, 0.6) is 0 Å². The Morgan fingerprint density at radius 1 is 1.07 bits per heavy atom. The molecule has 0 saturated heterocycles. The predicted octanol–water partition coefficient (Wildman–Crippen LogP) is 6.05. The van der Waals surface area contributed by atoms with Gasteiger partial charge in [-0.3, -0.25) is 19.5 Å². The fourth-order valence-corrected chi connectivity index (χ4v) is 5.00. The van der Waals surface area contributed by atoms with Crippen LogP contribution in [-0.4, -0.2) is 40.1 Å². The number of nitro groups is 1. The summed E-state index contributed by atoms with van der Waals surface area (Å²) in [6.45, 7) is 3.61. The van der Waals surface area contributed by atoms with Crippen molar-refractivity contribution in [2.24, 2.45) is 0 Å². The van der Waals surface area contributed by atoms with Gasteiger partial charge in [-0.25, -0.2) is 9.37 Å². The third kappa shape index (κ3) is 6.97.